The predicted molar refractivity (Wildman–Crippen MR) is 78.2 cm³/mol. The summed E-state index contributed by atoms with van der Waals surface area (Å²) in [7, 11) is -3.45. The van der Waals surface area contributed by atoms with E-state index in [9.17, 15) is 13.2 Å². The van der Waals surface area contributed by atoms with Gasteiger partial charge < -0.3 is 4.90 Å². The number of nitrogens with zero attached hydrogens (tertiary/aromatic N) is 1. The number of carbonyl (C=O) groups excluding carboxylic acids is 1. The van der Waals surface area contributed by atoms with Gasteiger partial charge in [-0.25, -0.2) is 13.1 Å². The first-order chi connectivity index (χ1) is 9.45. The van der Waals surface area contributed by atoms with Crippen LogP contribution < -0.4 is 9.62 Å². The smallest absolute Gasteiger partial charge is 0.240 e. The monoisotopic (exact) mass is 296 g/mol. The number of anilines is 1. The van der Waals surface area contributed by atoms with Crippen LogP contribution in [0.1, 0.15) is 31.7 Å². The van der Waals surface area contributed by atoms with E-state index in [1.165, 1.54) is 0 Å². The van der Waals surface area contributed by atoms with Crippen LogP contribution in [0.3, 0.4) is 0 Å². The fraction of sp³-hybridized carbons (Fsp3) is 0.500. The Labute approximate surface area is 120 Å². The lowest BCUT2D eigenvalue weighted by atomic mass is 10.2. The van der Waals surface area contributed by atoms with E-state index in [-0.39, 0.29) is 10.8 Å². The Balaban J connectivity index is 2.28. The van der Waals surface area contributed by atoms with E-state index in [1.54, 1.807) is 23.1 Å². The average molecular weight is 296 g/mol. The number of hydrogen-bond acceptors (Lipinski definition) is 3. The Kier molecular flexibility index (Phi) is 4.45. The molecule has 1 aliphatic heterocycles. The number of sulfonamides is 1. The number of aryl methyl sites for hydroxylation is 1. The van der Waals surface area contributed by atoms with Crippen molar-refractivity contribution >= 4 is 21.6 Å². The molecule has 1 aliphatic rings. The number of rotatable bonds is 5. The molecule has 1 aromatic carbocycles. The van der Waals surface area contributed by atoms with Gasteiger partial charge in [-0.05, 0) is 43.5 Å². The van der Waals surface area contributed by atoms with E-state index in [4.69, 9.17) is 0 Å². The molecule has 1 saturated heterocycles. The normalized spacial score (nSPS) is 15.9. The highest BCUT2D eigenvalue weighted by atomic mass is 32.2. The summed E-state index contributed by atoms with van der Waals surface area (Å²) in [5, 5.41) is 0. The van der Waals surface area contributed by atoms with E-state index in [2.05, 4.69) is 4.72 Å². The summed E-state index contributed by atoms with van der Waals surface area (Å²) >= 11 is 0. The lowest BCUT2D eigenvalue weighted by Gasteiger charge is -2.19. The predicted octanol–water partition coefficient (Wildman–Crippen LogP) is 1.81. The third-order valence-corrected chi connectivity index (χ3v) is 4.84. The zero-order valence-electron chi connectivity index (χ0n) is 11.8. The molecule has 20 heavy (non-hydrogen) atoms. The Hall–Kier alpha value is -1.40. The van der Waals surface area contributed by atoms with Crippen molar-refractivity contribution in [3.8, 4) is 0 Å². The first kappa shape index (κ1) is 15.0. The minimum absolute atomic E-state index is 0.104. The van der Waals surface area contributed by atoms with Crippen molar-refractivity contribution in [1.82, 2.24) is 4.72 Å². The van der Waals surface area contributed by atoms with Crippen molar-refractivity contribution in [2.75, 3.05) is 18.0 Å². The van der Waals surface area contributed by atoms with E-state index in [1.807, 2.05) is 13.8 Å². The molecule has 2 rings (SSSR count). The van der Waals surface area contributed by atoms with Gasteiger partial charge >= 0.3 is 0 Å². The molecule has 0 bridgehead atoms. The molecule has 1 heterocycles. The van der Waals surface area contributed by atoms with E-state index in [0.29, 0.717) is 19.5 Å². The highest BCUT2D eigenvalue weighted by Crippen LogP contribution is 2.27. The molecule has 0 spiro atoms. The summed E-state index contributed by atoms with van der Waals surface area (Å²) in [5.74, 6) is 0.104. The van der Waals surface area contributed by atoms with Gasteiger partial charge in [0.25, 0.3) is 0 Å². The quantitative estimate of drug-likeness (QED) is 0.901. The van der Waals surface area contributed by atoms with Gasteiger partial charge in [0, 0.05) is 25.2 Å². The SMILES string of the molecule is CCCNS(=O)(=O)c1ccc(N2CCCC2=O)c(C)c1. The van der Waals surface area contributed by atoms with Gasteiger partial charge in [0.05, 0.1) is 4.90 Å². The summed E-state index contributed by atoms with van der Waals surface area (Å²) in [6.07, 6.45) is 2.17. The standard InChI is InChI=1S/C14H20N2O3S/c1-3-8-15-20(18,19)12-6-7-13(11(2)10-12)16-9-4-5-14(16)17/h6-7,10,15H,3-5,8-9H2,1-2H3. The molecule has 1 N–H and O–H groups in total. The molecule has 0 atom stereocenters. The molecule has 6 heteroatoms. The highest BCUT2D eigenvalue weighted by Gasteiger charge is 2.24. The average Bonchev–Trinajstić information content (AvgIpc) is 2.82. The molecule has 1 fully saturated rings. The van der Waals surface area contributed by atoms with E-state index >= 15 is 0 Å². The van der Waals surface area contributed by atoms with E-state index < -0.39 is 10.0 Å². The van der Waals surface area contributed by atoms with Crippen molar-refractivity contribution < 1.29 is 13.2 Å². The second-order valence-corrected chi connectivity index (χ2v) is 6.76. The molecule has 0 aliphatic carbocycles. The second kappa shape index (κ2) is 5.93. The van der Waals surface area contributed by atoms with Gasteiger partial charge in [-0.2, -0.15) is 0 Å². The van der Waals surface area contributed by atoms with E-state index in [0.717, 1.165) is 24.1 Å². The molecule has 1 amide bonds. The minimum atomic E-state index is -3.45. The summed E-state index contributed by atoms with van der Waals surface area (Å²) in [4.78, 5) is 13.7. The van der Waals surface area contributed by atoms with Gasteiger partial charge in [-0.15, -0.1) is 0 Å². The van der Waals surface area contributed by atoms with Gasteiger partial charge in [-0.1, -0.05) is 6.92 Å². The number of hydrogen-bond donors (Lipinski definition) is 1. The summed E-state index contributed by atoms with van der Waals surface area (Å²) in [6, 6.07) is 4.91. The first-order valence-corrected chi connectivity index (χ1v) is 8.34. The summed E-state index contributed by atoms with van der Waals surface area (Å²) < 4.78 is 26.6. The number of benzene rings is 1. The van der Waals surface area contributed by atoms with Crippen LogP contribution in [0, 0.1) is 6.92 Å². The van der Waals surface area contributed by atoms with Crippen LogP contribution in [0.15, 0.2) is 23.1 Å². The fourth-order valence-electron chi connectivity index (χ4n) is 2.32. The Morgan fingerprint density at radius 2 is 2.10 bits per heavy atom. The maximum absolute atomic E-state index is 12.0. The molecule has 5 nitrogen and oxygen atoms in total. The second-order valence-electron chi connectivity index (χ2n) is 4.99. The van der Waals surface area contributed by atoms with Crippen LogP contribution in [0.25, 0.3) is 0 Å². The number of nitrogens with one attached hydrogen (secondary N) is 1. The van der Waals surface area contributed by atoms with Crippen molar-refractivity contribution in [2.45, 2.75) is 38.0 Å². The summed E-state index contributed by atoms with van der Waals surface area (Å²) in [6.45, 7) is 4.88. The molecule has 0 radical (unpaired) electrons. The third kappa shape index (κ3) is 3.02. The van der Waals surface area contributed by atoms with Gasteiger partial charge in [0.1, 0.15) is 0 Å². The van der Waals surface area contributed by atoms with Crippen LogP contribution in [-0.4, -0.2) is 27.4 Å². The Morgan fingerprint density at radius 3 is 2.65 bits per heavy atom. The molecule has 0 aromatic heterocycles. The third-order valence-electron chi connectivity index (χ3n) is 3.38. The molecular formula is C14H20N2O3S. The zero-order valence-corrected chi connectivity index (χ0v) is 12.7. The molecule has 110 valence electrons. The Bertz CT molecular complexity index is 611. The first-order valence-electron chi connectivity index (χ1n) is 6.86. The molecule has 0 saturated carbocycles. The lowest BCUT2D eigenvalue weighted by molar-refractivity contribution is -0.117. The largest absolute Gasteiger partial charge is 0.312 e. The molecular weight excluding hydrogens is 276 g/mol. The highest BCUT2D eigenvalue weighted by molar-refractivity contribution is 7.89. The minimum Gasteiger partial charge on any atom is -0.312 e. The van der Waals surface area contributed by atoms with Crippen LogP contribution in [0.2, 0.25) is 0 Å². The van der Waals surface area contributed by atoms with Crippen LogP contribution >= 0.6 is 0 Å². The lowest BCUT2D eigenvalue weighted by Crippen LogP contribution is -2.26. The van der Waals surface area contributed by atoms with Crippen molar-refractivity contribution in [2.24, 2.45) is 0 Å². The Morgan fingerprint density at radius 1 is 1.35 bits per heavy atom. The van der Waals surface area contributed by atoms with Gasteiger partial charge in [0.15, 0.2) is 0 Å². The van der Waals surface area contributed by atoms with Gasteiger partial charge in [0.2, 0.25) is 15.9 Å². The number of carbonyl (C=O) groups is 1. The van der Waals surface area contributed by atoms with Crippen molar-refractivity contribution in [3.63, 3.8) is 0 Å². The van der Waals surface area contributed by atoms with Crippen LogP contribution in [0.5, 0.6) is 0 Å². The zero-order chi connectivity index (χ0) is 14.8. The molecule has 1 aromatic rings. The number of amides is 1. The van der Waals surface area contributed by atoms with Crippen LogP contribution in [0.4, 0.5) is 5.69 Å². The van der Waals surface area contributed by atoms with Crippen LogP contribution in [-0.2, 0) is 14.8 Å². The summed E-state index contributed by atoms with van der Waals surface area (Å²) in [5.41, 5.74) is 1.61. The van der Waals surface area contributed by atoms with Crippen molar-refractivity contribution in [3.05, 3.63) is 23.8 Å². The van der Waals surface area contributed by atoms with Gasteiger partial charge in [-0.3, -0.25) is 4.79 Å². The van der Waals surface area contributed by atoms with Crippen molar-refractivity contribution in [1.29, 1.82) is 0 Å². The molecule has 0 unspecified atom stereocenters. The fourth-order valence-corrected chi connectivity index (χ4v) is 3.54. The maximum Gasteiger partial charge on any atom is 0.240 e. The topological polar surface area (TPSA) is 66.5 Å². The maximum atomic E-state index is 12.0.